The van der Waals surface area contributed by atoms with Crippen molar-refractivity contribution in [2.24, 2.45) is 29.1 Å². The van der Waals surface area contributed by atoms with Crippen molar-refractivity contribution in [2.75, 3.05) is 0 Å². The topological polar surface area (TPSA) is 52.1 Å². The number of carbonyl (C=O) groups excluding carboxylic acids is 1. The van der Waals surface area contributed by atoms with Crippen LogP contribution in [0.15, 0.2) is 67.0 Å². The van der Waals surface area contributed by atoms with Crippen LogP contribution in [0.3, 0.4) is 0 Å². The maximum absolute atomic E-state index is 12.3. The minimum atomic E-state index is -0.0269. The van der Waals surface area contributed by atoms with Crippen LogP contribution in [0.4, 0.5) is 0 Å². The first-order valence-electron chi connectivity index (χ1n) is 13.5. The van der Waals surface area contributed by atoms with Crippen LogP contribution in [0.5, 0.6) is 0 Å². The number of nitrogens with zero attached hydrogens (tertiary/aromatic N) is 2. The first-order valence-corrected chi connectivity index (χ1v) is 13.5. The average Bonchev–Trinajstić information content (AvgIpc) is 3.49. The lowest BCUT2D eigenvalue weighted by Gasteiger charge is -2.59. The molecule has 2 aromatic rings. The Morgan fingerprint density at radius 2 is 1.80 bits per heavy atom. The molecule has 4 heteroatoms. The second kappa shape index (κ2) is 7.88. The van der Waals surface area contributed by atoms with Gasteiger partial charge in [0.15, 0.2) is 5.78 Å². The fraction of sp³-hybridized carbons (Fsp3) is 0.516. The molecule has 0 amide bonds. The summed E-state index contributed by atoms with van der Waals surface area (Å²) in [5, 5.41) is 0. The number of allylic oxidation sites excluding steroid dienone is 1. The minimum absolute atomic E-state index is 0.0269. The van der Waals surface area contributed by atoms with Gasteiger partial charge in [0.2, 0.25) is 0 Å². The highest BCUT2D eigenvalue weighted by Gasteiger charge is 2.66. The lowest BCUT2D eigenvalue weighted by atomic mass is 9.46. The van der Waals surface area contributed by atoms with E-state index in [2.05, 4.69) is 47.2 Å². The van der Waals surface area contributed by atoms with Crippen molar-refractivity contribution in [3.8, 4) is 11.1 Å². The first kappa shape index (κ1) is 21.5. The standard InChI is InChI=1S/C31H34N2O2/c1-30-16-27(21-5-3-20(4-6-21)23-17-32-19-33-18-23)29-25-10-8-24(34)15-22(25)7-9-26(29)28(30)11-13-31(30)12-2-14-35-31/h2-6,14-15,17-19,25-29H,7-13,16H2,1H3/t25-,26-,27+,28-,29+,30-,31-/m0/s1. The second-order valence-corrected chi connectivity index (χ2v) is 11.9. The number of hydrogen-bond acceptors (Lipinski definition) is 4. The number of hydrogen-bond donors (Lipinski definition) is 0. The van der Waals surface area contributed by atoms with E-state index in [1.165, 1.54) is 42.4 Å². The van der Waals surface area contributed by atoms with E-state index in [0.29, 0.717) is 35.4 Å². The molecule has 1 aliphatic heterocycles. The van der Waals surface area contributed by atoms with E-state index in [4.69, 9.17) is 4.74 Å². The van der Waals surface area contributed by atoms with Crippen LogP contribution in [0, 0.1) is 29.1 Å². The van der Waals surface area contributed by atoms with Gasteiger partial charge >= 0.3 is 0 Å². The Morgan fingerprint density at radius 1 is 0.971 bits per heavy atom. The molecule has 1 spiro atoms. The Kier molecular flexibility index (Phi) is 4.84. The minimum Gasteiger partial charge on any atom is -0.494 e. The van der Waals surface area contributed by atoms with E-state index < -0.39 is 0 Å². The predicted octanol–water partition coefficient (Wildman–Crippen LogP) is 6.65. The molecule has 0 N–H and O–H groups in total. The summed E-state index contributed by atoms with van der Waals surface area (Å²) >= 11 is 0. The van der Waals surface area contributed by atoms with Crippen LogP contribution < -0.4 is 0 Å². The van der Waals surface area contributed by atoms with Gasteiger partial charge in [0, 0.05) is 36.2 Å². The quantitative estimate of drug-likeness (QED) is 0.497. The van der Waals surface area contributed by atoms with Crippen molar-refractivity contribution < 1.29 is 9.53 Å². The number of aromatic nitrogens is 2. The highest BCUT2D eigenvalue weighted by atomic mass is 16.5. The Balaban J connectivity index is 1.30. The zero-order valence-corrected chi connectivity index (χ0v) is 20.5. The Morgan fingerprint density at radius 3 is 2.57 bits per heavy atom. The van der Waals surface area contributed by atoms with E-state index in [-0.39, 0.29) is 11.0 Å². The third kappa shape index (κ3) is 3.14. The molecule has 0 radical (unpaired) electrons. The van der Waals surface area contributed by atoms with Gasteiger partial charge in [-0.15, -0.1) is 0 Å². The van der Waals surface area contributed by atoms with Crippen LogP contribution in [0.2, 0.25) is 0 Å². The van der Waals surface area contributed by atoms with Gasteiger partial charge in [0.05, 0.1) is 6.26 Å². The molecule has 7 atom stereocenters. The van der Waals surface area contributed by atoms with Crippen LogP contribution in [0.1, 0.15) is 69.8 Å². The summed E-state index contributed by atoms with van der Waals surface area (Å²) in [5.41, 5.74) is 5.27. The lowest BCUT2D eigenvalue weighted by molar-refractivity contribution is -0.123. The average molecular weight is 467 g/mol. The molecule has 7 rings (SSSR count). The van der Waals surface area contributed by atoms with E-state index in [1.54, 1.807) is 6.33 Å². The van der Waals surface area contributed by atoms with Crippen LogP contribution >= 0.6 is 0 Å². The fourth-order valence-corrected chi connectivity index (χ4v) is 9.09. The number of ketones is 1. The molecular formula is C31H34N2O2. The number of ether oxygens (including phenoxy) is 1. The van der Waals surface area contributed by atoms with Crippen molar-refractivity contribution >= 4 is 5.78 Å². The third-order valence-electron chi connectivity index (χ3n) is 10.7. The highest BCUT2D eigenvalue weighted by Crippen LogP contribution is 2.70. The molecule has 5 aliphatic rings. The highest BCUT2D eigenvalue weighted by molar-refractivity contribution is 5.91. The Labute approximate surface area is 207 Å². The lowest BCUT2D eigenvalue weighted by Crippen LogP contribution is -2.55. The SMILES string of the molecule is C[C@]12C[C@H](c3ccc(-c4cncnc4)cc3)[C@H]3[C@@H](CCC4=CC(=O)CC[C@@H]43)[C@@H]1CC[C@@]21CC=CO1. The number of rotatable bonds is 2. The summed E-state index contributed by atoms with van der Waals surface area (Å²) in [7, 11) is 0. The molecule has 0 bridgehead atoms. The van der Waals surface area contributed by atoms with E-state index in [1.807, 2.05) is 24.7 Å². The van der Waals surface area contributed by atoms with Crippen LogP contribution in [-0.2, 0) is 9.53 Å². The van der Waals surface area contributed by atoms with Crippen molar-refractivity contribution in [1.29, 1.82) is 0 Å². The van der Waals surface area contributed by atoms with E-state index >= 15 is 0 Å². The Hall–Kier alpha value is -2.75. The number of carbonyl (C=O) groups is 1. The molecule has 180 valence electrons. The van der Waals surface area contributed by atoms with Gasteiger partial charge in [0.1, 0.15) is 11.9 Å². The van der Waals surface area contributed by atoms with Gasteiger partial charge < -0.3 is 4.74 Å². The molecule has 2 heterocycles. The molecule has 3 saturated carbocycles. The van der Waals surface area contributed by atoms with Gasteiger partial charge in [-0.3, -0.25) is 4.79 Å². The molecule has 1 aromatic heterocycles. The van der Waals surface area contributed by atoms with Crippen LogP contribution in [-0.4, -0.2) is 21.4 Å². The maximum atomic E-state index is 12.3. The predicted molar refractivity (Wildman–Crippen MR) is 135 cm³/mol. The van der Waals surface area contributed by atoms with Gasteiger partial charge in [-0.25, -0.2) is 9.97 Å². The molecule has 1 aromatic carbocycles. The number of benzene rings is 1. The van der Waals surface area contributed by atoms with Gasteiger partial charge in [-0.1, -0.05) is 36.8 Å². The molecule has 3 fully saturated rings. The summed E-state index contributed by atoms with van der Waals surface area (Å²) in [6, 6.07) is 9.21. The van der Waals surface area contributed by atoms with Crippen molar-refractivity contribution in [2.45, 2.75) is 69.8 Å². The molecule has 0 unspecified atom stereocenters. The van der Waals surface area contributed by atoms with Gasteiger partial charge in [-0.05, 0) is 91.4 Å². The van der Waals surface area contributed by atoms with E-state index in [0.717, 1.165) is 31.2 Å². The Bertz CT molecular complexity index is 1190. The van der Waals surface area contributed by atoms with Crippen molar-refractivity contribution in [3.05, 3.63) is 72.5 Å². The monoisotopic (exact) mass is 466 g/mol. The number of fused-ring (bicyclic) bond motifs is 6. The second-order valence-electron chi connectivity index (χ2n) is 11.9. The molecule has 35 heavy (non-hydrogen) atoms. The zero-order chi connectivity index (χ0) is 23.6. The normalized spacial score (nSPS) is 39.5. The first-order chi connectivity index (χ1) is 17.1. The summed E-state index contributed by atoms with van der Waals surface area (Å²) in [5.74, 6) is 3.43. The summed E-state index contributed by atoms with van der Waals surface area (Å²) in [4.78, 5) is 20.7. The summed E-state index contributed by atoms with van der Waals surface area (Å²) < 4.78 is 6.49. The van der Waals surface area contributed by atoms with Crippen molar-refractivity contribution in [3.63, 3.8) is 0 Å². The fourth-order valence-electron chi connectivity index (χ4n) is 9.09. The van der Waals surface area contributed by atoms with Gasteiger partial charge in [-0.2, -0.15) is 0 Å². The smallest absolute Gasteiger partial charge is 0.155 e. The summed E-state index contributed by atoms with van der Waals surface area (Å²) in [6.45, 7) is 2.55. The molecule has 0 saturated heterocycles. The third-order valence-corrected chi connectivity index (χ3v) is 10.7. The van der Waals surface area contributed by atoms with Crippen molar-refractivity contribution in [1.82, 2.24) is 9.97 Å². The van der Waals surface area contributed by atoms with Crippen LogP contribution in [0.25, 0.3) is 11.1 Å². The largest absolute Gasteiger partial charge is 0.494 e. The van der Waals surface area contributed by atoms with Gasteiger partial charge in [0.25, 0.3) is 0 Å². The van der Waals surface area contributed by atoms with E-state index in [9.17, 15) is 4.79 Å². The zero-order valence-electron chi connectivity index (χ0n) is 20.5. The molecule has 4 nitrogen and oxygen atoms in total. The summed E-state index contributed by atoms with van der Waals surface area (Å²) in [6.07, 6.45) is 20.4. The molecular weight excluding hydrogens is 432 g/mol. The molecule has 4 aliphatic carbocycles. The maximum Gasteiger partial charge on any atom is 0.155 e.